The highest BCUT2D eigenvalue weighted by atomic mass is 16.4. The average Bonchev–Trinajstić information content (AvgIpc) is 2.70. The maximum Gasteiger partial charge on any atom is 0.329 e. The van der Waals surface area contributed by atoms with Crippen LogP contribution in [0, 0.1) is 5.92 Å². The molecule has 1 fully saturated rings. The van der Waals surface area contributed by atoms with Crippen molar-refractivity contribution in [2.45, 2.75) is 45.1 Å². The third kappa shape index (κ3) is 4.00. The van der Waals surface area contributed by atoms with E-state index in [0.717, 1.165) is 25.9 Å². The number of nitrogens with one attached hydrogen (secondary N) is 2. The fourth-order valence-electron chi connectivity index (χ4n) is 2.23. The Kier molecular flexibility index (Phi) is 4.93. The van der Waals surface area contributed by atoms with E-state index in [-0.39, 0.29) is 5.91 Å². The van der Waals surface area contributed by atoms with Gasteiger partial charge in [0, 0.05) is 6.42 Å². The molecule has 98 valence electrons. The maximum atomic E-state index is 11.8. The van der Waals surface area contributed by atoms with Crippen LogP contribution in [0.5, 0.6) is 0 Å². The van der Waals surface area contributed by atoms with Gasteiger partial charge in [-0.25, -0.2) is 4.79 Å². The SMILES string of the molecule is CCCC(C)(NC(=O)CC1CCNC1)C(=O)O. The first-order valence-corrected chi connectivity index (χ1v) is 6.23. The van der Waals surface area contributed by atoms with Crippen molar-refractivity contribution < 1.29 is 14.7 Å². The summed E-state index contributed by atoms with van der Waals surface area (Å²) < 4.78 is 0. The lowest BCUT2D eigenvalue weighted by Gasteiger charge is -2.26. The van der Waals surface area contributed by atoms with Gasteiger partial charge in [-0.2, -0.15) is 0 Å². The zero-order valence-electron chi connectivity index (χ0n) is 10.6. The summed E-state index contributed by atoms with van der Waals surface area (Å²) in [5.41, 5.74) is -1.13. The minimum atomic E-state index is -1.13. The third-order valence-corrected chi connectivity index (χ3v) is 3.27. The van der Waals surface area contributed by atoms with E-state index >= 15 is 0 Å². The summed E-state index contributed by atoms with van der Waals surface area (Å²) in [6.45, 7) is 5.28. The molecular weight excluding hydrogens is 220 g/mol. The second-order valence-corrected chi connectivity index (χ2v) is 5.00. The van der Waals surface area contributed by atoms with Gasteiger partial charge in [-0.1, -0.05) is 13.3 Å². The molecule has 5 heteroatoms. The van der Waals surface area contributed by atoms with Crippen LogP contribution in [0.3, 0.4) is 0 Å². The molecular formula is C12H22N2O3. The normalized spacial score (nSPS) is 23.1. The van der Waals surface area contributed by atoms with Gasteiger partial charge in [0.25, 0.3) is 0 Å². The first-order valence-electron chi connectivity index (χ1n) is 6.23. The summed E-state index contributed by atoms with van der Waals surface area (Å²) in [5, 5.41) is 15.0. The number of carbonyl (C=O) groups excluding carboxylic acids is 1. The molecule has 1 rings (SSSR count). The first kappa shape index (κ1) is 14.0. The monoisotopic (exact) mass is 242 g/mol. The van der Waals surface area contributed by atoms with Crippen molar-refractivity contribution in [3.05, 3.63) is 0 Å². The molecule has 17 heavy (non-hydrogen) atoms. The standard InChI is InChI=1S/C12H22N2O3/c1-3-5-12(2,11(16)17)14-10(15)7-9-4-6-13-8-9/h9,13H,3-8H2,1-2H3,(H,14,15)(H,16,17). The molecule has 0 aromatic heterocycles. The molecule has 1 amide bonds. The quantitative estimate of drug-likeness (QED) is 0.642. The molecule has 2 atom stereocenters. The molecule has 1 aliphatic rings. The number of carboxylic acids is 1. The Hall–Kier alpha value is -1.10. The highest BCUT2D eigenvalue weighted by Crippen LogP contribution is 2.16. The molecule has 3 N–H and O–H groups in total. The minimum absolute atomic E-state index is 0.156. The van der Waals surface area contributed by atoms with Crippen LogP contribution < -0.4 is 10.6 Å². The lowest BCUT2D eigenvalue weighted by molar-refractivity contribution is -0.147. The maximum absolute atomic E-state index is 11.8. The predicted molar refractivity (Wildman–Crippen MR) is 64.7 cm³/mol. The van der Waals surface area contributed by atoms with Gasteiger partial charge in [-0.05, 0) is 38.8 Å². The Morgan fingerprint density at radius 1 is 1.53 bits per heavy atom. The van der Waals surface area contributed by atoms with E-state index in [1.54, 1.807) is 6.92 Å². The second-order valence-electron chi connectivity index (χ2n) is 5.00. The van der Waals surface area contributed by atoms with E-state index < -0.39 is 11.5 Å². The van der Waals surface area contributed by atoms with Gasteiger partial charge >= 0.3 is 5.97 Å². The minimum Gasteiger partial charge on any atom is -0.480 e. The highest BCUT2D eigenvalue weighted by Gasteiger charge is 2.34. The molecule has 0 saturated carbocycles. The summed E-state index contributed by atoms with van der Waals surface area (Å²) in [6.07, 6.45) is 2.59. The molecule has 5 nitrogen and oxygen atoms in total. The smallest absolute Gasteiger partial charge is 0.329 e. The Morgan fingerprint density at radius 3 is 2.71 bits per heavy atom. The van der Waals surface area contributed by atoms with Crippen molar-refractivity contribution >= 4 is 11.9 Å². The summed E-state index contributed by atoms with van der Waals surface area (Å²) >= 11 is 0. The number of rotatable bonds is 6. The van der Waals surface area contributed by atoms with E-state index in [4.69, 9.17) is 5.11 Å². The fraction of sp³-hybridized carbons (Fsp3) is 0.833. The van der Waals surface area contributed by atoms with Crippen LogP contribution >= 0.6 is 0 Å². The van der Waals surface area contributed by atoms with Crippen molar-refractivity contribution in [3.63, 3.8) is 0 Å². The molecule has 1 heterocycles. The zero-order chi connectivity index (χ0) is 12.9. The molecule has 1 aliphatic heterocycles. The number of carboxylic acid groups (broad SMARTS) is 1. The average molecular weight is 242 g/mol. The van der Waals surface area contributed by atoms with Crippen molar-refractivity contribution in [2.75, 3.05) is 13.1 Å². The van der Waals surface area contributed by atoms with E-state index in [1.807, 2.05) is 6.92 Å². The molecule has 0 bridgehead atoms. The summed E-state index contributed by atoms with van der Waals surface area (Å²) in [6, 6.07) is 0. The van der Waals surface area contributed by atoms with Gasteiger partial charge in [0.1, 0.15) is 5.54 Å². The Bertz CT molecular complexity index is 287. The number of amides is 1. The van der Waals surface area contributed by atoms with E-state index in [2.05, 4.69) is 10.6 Å². The summed E-state index contributed by atoms with van der Waals surface area (Å²) in [7, 11) is 0. The summed E-state index contributed by atoms with van der Waals surface area (Å²) in [4.78, 5) is 22.9. The second kappa shape index (κ2) is 6.00. The largest absolute Gasteiger partial charge is 0.480 e. The Labute approximate surface area is 102 Å². The molecule has 0 spiro atoms. The van der Waals surface area contributed by atoms with Crippen LogP contribution in [0.2, 0.25) is 0 Å². The van der Waals surface area contributed by atoms with Crippen molar-refractivity contribution in [3.8, 4) is 0 Å². The lowest BCUT2D eigenvalue weighted by atomic mass is 9.95. The van der Waals surface area contributed by atoms with Crippen molar-refractivity contribution in [1.29, 1.82) is 0 Å². The van der Waals surface area contributed by atoms with Gasteiger partial charge in [0.05, 0.1) is 0 Å². The predicted octanol–water partition coefficient (Wildman–Crippen LogP) is 0.746. The van der Waals surface area contributed by atoms with Crippen LogP contribution in [0.15, 0.2) is 0 Å². The Morgan fingerprint density at radius 2 is 2.24 bits per heavy atom. The topological polar surface area (TPSA) is 78.4 Å². The van der Waals surface area contributed by atoms with E-state index in [1.165, 1.54) is 0 Å². The van der Waals surface area contributed by atoms with Gasteiger partial charge in [-0.3, -0.25) is 4.79 Å². The van der Waals surface area contributed by atoms with Gasteiger partial charge in [-0.15, -0.1) is 0 Å². The first-order chi connectivity index (χ1) is 7.98. The number of hydrogen-bond donors (Lipinski definition) is 3. The molecule has 0 aromatic carbocycles. The Balaban J connectivity index is 2.48. The van der Waals surface area contributed by atoms with E-state index in [9.17, 15) is 9.59 Å². The van der Waals surface area contributed by atoms with Crippen molar-refractivity contribution in [1.82, 2.24) is 10.6 Å². The molecule has 2 unspecified atom stereocenters. The van der Waals surface area contributed by atoms with Gasteiger partial charge in [0.15, 0.2) is 0 Å². The molecule has 0 aliphatic carbocycles. The van der Waals surface area contributed by atoms with Crippen molar-refractivity contribution in [2.24, 2.45) is 5.92 Å². The molecule has 0 radical (unpaired) electrons. The van der Waals surface area contributed by atoms with Crippen LogP contribution in [-0.4, -0.2) is 35.6 Å². The van der Waals surface area contributed by atoms with Crippen LogP contribution in [0.25, 0.3) is 0 Å². The number of hydrogen-bond acceptors (Lipinski definition) is 3. The highest BCUT2D eigenvalue weighted by molar-refractivity contribution is 5.86. The lowest BCUT2D eigenvalue weighted by Crippen LogP contribution is -2.52. The van der Waals surface area contributed by atoms with Gasteiger partial charge < -0.3 is 15.7 Å². The number of aliphatic carboxylic acids is 1. The van der Waals surface area contributed by atoms with Crippen LogP contribution in [0.1, 0.15) is 39.5 Å². The molecule has 0 aromatic rings. The number of carbonyl (C=O) groups is 2. The zero-order valence-corrected chi connectivity index (χ0v) is 10.6. The van der Waals surface area contributed by atoms with Crippen LogP contribution in [-0.2, 0) is 9.59 Å². The van der Waals surface area contributed by atoms with Gasteiger partial charge in [0.2, 0.25) is 5.91 Å². The van der Waals surface area contributed by atoms with E-state index in [0.29, 0.717) is 18.8 Å². The summed E-state index contributed by atoms with van der Waals surface area (Å²) in [5.74, 6) is -0.774. The third-order valence-electron chi connectivity index (χ3n) is 3.27. The molecule has 1 saturated heterocycles. The fourth-order valence-corrected chi connectivity index (χ4v) is 2.23. The van der Waals surface area contributed by atoms with Crippen LogP contribution in [0.4, 0.5) is 0 Å².